The molecule has 0 saturated heterocycles. The molecule has 1 nitrogen and oxygen atoms in total. The van der Waals surface area contributed by atoms with Crippen molar-refractivity contribution in [3.8, 4) is 11.1 Å². The summed E-state index contributed by atoms with van der Waals surface area (Å²) in [5.74, 6) is 0. The van der Waals surface area contributed by atoms with Crippen molar-refractivity contribution in [2.45, 2.75) is 13.8 Å². The van der Waals surface area contributed by atoms with E-state index in [9.17, 15) is 0 Å². The van der Waals surface area contributed by atoms with Gasteiger partial charge in [-0.05, 0) is 18.6 Å². The van der Waals surface area contributed by atoms with E-state index in [1.807, 2.05) is 24.3 Å². The number of nitrogens with two attached hydrogens (primary N) is 1. The molecule has 2 aromatic carbocycles. The van der Waals surface area contributed by atoms with Crippen LogP contribution in [-0.2, 0) is 17.1 Å². The number of nitrogen functional groups attached to an aromatic ring is 1. The van der Waals surface area contributed by atoms with Crippen molar-refractivity contribution in [1.29, 1.82) is 0 Å². The average molecular weight is 251 g/mol. The summed E-state index contributed by atoms with van der Waals surface area (Å²) in [6.07, 6.45) is 0. The summed E-state index contributed by atoms with van der Waals surface area (Å²) >= 11 is 0. The van der Waals surface area contributed by atoms with Gasteiger partial charge in [0, 0.05) is 22.8 Å². The van der Waals surface area contributed by atoms with Crippen molar-refractivity contribution >= 4 is 5.69 Å². The van der Waals surface area contributed by atoms with Crippen molar-refractivity contribution < 1.29 is 17.1 Å². The van der Waals surface area contributed by atoms with Gasteiger partial charge in [-0.1, -0.05) is 24.6 Å². The molecule has 2 N–H and O–H groups in total. The van der Waals surface area contributed by atoms with E-state index in [0.717, 1.165) is 16.8 Å². The molecule has 0 atom stereocenters. The van der Waals surface area contributed by atoms with Crippen LogP contribution < -0.4 is 5.73 Å². The number of hydrogen-bond donors (Lipinski definition) is 1. The third-order valence-electron chi connectivity index (χ3n) is 2.73. The number of rotatable bonds is 1. The first-order valence-electron chi connectivity index (χ1n) is 5.03. The van der Waals surface area contributed by atoms with E-state index in [1.165, 1.54) is 11.1 Å². The Hall–Kier alpha value is -1.24. The molecule has 0 bridgehead atoms. The van der Waals surface area contributed by atoms with E-state index in [-0.39, 0.29) is 17.1 Å². The van der Waals surface area contributed by atoms with Crippen molar-refractivity contribution in [3.05, 3.63) is 53.6 Å². The van der Waals surface area contributed by atoms with Crippen molar-refractivity contribution in [2.75, 3.05) is 5.73 Å². The Bertz CT molecular complexity index is 492. The van der Waals surface area contributed by atoms with E-state index >= 15 is 0 Å². The van der Waals surface area contributed by atoms with E-state index < -0.39 is 0 Å². The summed E-state index contributed by atoms with van der Waals surface area (Å²) in [6.45, 7) is 4.12. The number of aryl methyl sites for hydroxylation is 1. The van der Waals surface area contributed by atoms with Crippen molar-refractivity contribution in [3.63, 3.8) is 0 Å². The van der Waals surface area contributed by atoms with Gasteiger partial charge in [-0.25, -0.2) is 0 Å². The molecule has 0 unspecified atom stereocenters. The van der Waals surface area contributed by atoms with Crippen molar-refractivity contribution in [2.24, 2.45) is 0 Å². The van der Waals surface area contributed by atoms with Gasteiger partial charge in [0.2, 0.25) is 0 Å². The van der Waals surface area contributed by atoms with Gasteiger partial charge in [0.25, 0.3) is 0 Å². The maximum Gasteiger partial charge on any atom is 0.0339 e. The molecule has 1 radical (unpaired) electrons. The SMILES string of the molecule is Cc1[c-]cccc1-c1cccc(N)c1C.[Mn]. The average Bonchev–Trinajstić information content (AvgIpc) is 2.23. The topological polar surface area (TPSA) is 26.0 Å². The second kappa shape index (κ2) is 5.20. The number of hydrogen-bond acceptors (Lipinski definition) is 1. The predicted molar refractivity (Wildman–Crippen MR) is 64.6 cm³/mol. The third kappa shape index (κ3) is 2.29. The minimum Gasteiger partial charge on any atom is -0.399 e. The molecule has 0 saturated carbocycles. The smallest absolute Gasteiger partial charge is 0.0339 e. The molecule has 0 fully saturated rings. The van der Waals surface area contributed by atoms with Gasteiger partial charge in [0.1, 0.15) is 0 Å². The van der Waals surface area contributed by atoms with Gasteiger partial charge in [-0.15, -0.1) is 5.56 Å². The molecule has 0 amide bonds. The van der Waals surface area contributed by atoms with Crippen LogP contribution in [0.3, 0.4) is 0 Å². The van der Waals surface area contributed by atoms with Crippen LogP contribution in [0.25, 0.3) is 11.1 Å². The van der Waals surface area contributed by atoms with Crippen LogP contribution in [0.2, 0.25) is 0 Å². The summed E-state index contributed by atoms with van der Waals surface area (Å²) in [4.78, 5) is 0. The van der Waals surface area contributed by atoms with Gasteiger partial charge in [0.15, 0.2) is 0 Å². The normalized spacial score (nSPS) is 9.62. The zero-order valence-corrected chi connectivity index (χ0v) is 10.6. The van der Waals surface area contributed by atoms with Gasteiger partial charge < -0.3 is 5.73 Å². The molecule has 0 aliphatic rings. The zero-order chi connectivity index (χ0) is 10.8. The molecule has 0 aliphatic heterocycles. The van der Waals surface area contributed by atoms with E-state index in [1.54, 1.807) is 0 Å². The molecule has 0 heterocycles. The van der Waals surface area contributed by atoms with E-state index in [0.29, 0.717) is 0 Å². The first kappa shape index (κ1) is 12.8. The Morgan fingerprint density at radius 1 is 1.00 bits per heavy atom. The first-order chi connectivity index (χ1) is 7.20. The van der Waals surface area contributed by atoms with Crippen LogP contribution in [0.5, 0.6) is 0 Å². The Morgan fingerprint density at radius 2 is 1.69 bits per heavy atom. The summed E-state index contributed by atoms with van der Waals surface area (Å²) in [5.41, 5.74) is 11.4. The van der Waals surface area contributed by atoms with Crippen LogP contribution in [0.4, 0.5) is 5.69 Å². The Kier molecular flexibility index (Phi) is 4.17. The number of benzene rings is 2. The molecular formula is C14H14MnN-. The maximum atomic E-state index is 5.90. The van der Waals surface area contributed by atoms with Crippen molar-refractivity contribution in [1.82, 2.24) is 0 Å². The number of anilines is 1. The summed E-state index contributed by atoms with van der Waals surface area (Å²) in [7, 11) is 0. The van der Waals surface area contributed by atoms with Gasteiger partial charge in [-0.3, -0.25) is 0 Å². The Morgan fingerprint density at radius 3 is 2.38 bits per heavy atom. The monoisotopic (exact) mass is 251 g/mol. The van der Waals surface area contributed by atoms with Gasteiger partial charge >= 0.3 is 0 Å². The first-order valence-corrected chi connectivity index (χ1v) is 5.03. The minimum atomic E-state index is 0. The second-order valence-electron chi connectivity index (χ2n) is 3.73. The van der Waals surface area contributed by atoms with Gasteiger partial charge in [-0.2, -0.15) is 29.8 Å². The zero-order valence-electron chi connectivity index (χ0n) is 9.42. The van der Waals surface area contributed by atoms with Crippen LogP contribution in [0, 0.1) is 19.9 Å². The predicted octanol–water partition coefficient (Wildman–Crippen LogP) is 3.35. The minimum absolute atomic E-state index is 0. The van der Waals surface area contributed by atoms with E-state index in [2.05, 4.69) is 32.0 Å². The molecule has 0 aliphatic carbocycles. The fraction of sp³-hybridized carbons (Fsp3) is 0.143. The van der Waals surface area contributed by atoms with Crippen LogP contribution in [-0.4, -0.2) is 0 Å². The van der Waals surface area contributed by atoms with Crippen LogP contribution >= 0.6 is 0 Å². The summed E-state index contributed by atoms with van der Waals surface area (Å²) in [6, 6.07) is 15.3. The molecule has 2 aromatic rings. The van der Waals surface area contributed by atoms with Gasteiger partial charge in [0.05, 0.1) is 0 Å². The Balaban J connectivity index is 0.00000128. The fourth-order valence-corrected chi connectivity index (χ4v) is 1.76. The summed E-state index contributed by atoms with van der Waals surface area (Å²) < 4.78 is 0. The van der Waals surface area contributed by atoms with Crippen LogP contribution in [0.15, 0.2) is 36.4 Å². The molecule has 83 valence electrons. The maximum absolute atomic E-state index is 5.90. The second-order valence-corrected chi connectivity index (χ2v) is 3.73. The Labute approximate surface area is 107 Å². The van der Waals surface area contributed by atoms with Crippen LogP contribution in [0.1, 0.15) is 11.1 Å². The molecule has 0 spiro atoms. The third-order valence-corrected chi connectivity index (χ3v) is 2.73. The van der Waals surface area contributed by atoms with E-state index in [4.69, 9.17) is 5.73 Å². The quantitative estimate of drug-likeness (QED) is 0.469. The fourth-order valence-electron chi connectivity index (χ4n) is 1.76. The summed E-state index contributed by atoms with van der Waals surface area (Å²) in [5, 5.41) is 0. The largest absolute Gasteiger partial charge is 0.399 e. The standard InChI is InChI=1S/C14H14N.Mn/c1-10-6-3-4-7-12(10)13-8-5-9-14(15)11(13)2;/h3-5,7-9H,15H2,1-2H3;/q-1;. The molecule has 0 aromatic heterocycles. The molecule has 2 rings (SSSR count). The molecule has 2 heteroatoms. The molecular weight excluding hydrogens is 237 g/mol. The molecule has 16 heavy (non-hydrogen) atoms.